The quantitative estimate of drug-likeness (QED) is 0.656. The molecule has 0 atom stereocenters. The SMILES string of the molecule is O=C(NC1CCN(C(=O)c2ccc(F)c(F)c2F)CC1)c1ccc(F)cc1. The van der Waals surface area contributed by atoms with E-state index < -0.39 is 34.7 Å². The first-order valence-electron chi connectivity index (χ1n) is 8.36. The van der Waals surface area contributed by atoms with Crippen LogP contribution in [-0.4, -0.2) is 35.8 Å². The zero-order valence-electron chi connectivity index (χ0n) is 14.1. The maximum absolute atomic E-state index is 13.8. The van der Waals surface area contributed by atoms with Crippen LogP contribution < -0.4 is 5.32 Å². The van der Waals surface area contributed by atoms with Crippen molar-refractivity contribution in [3.05, 3.63) is 70.8 Å². The summed E-state index contributed by atoms with van der Waals surface area (Å²) in [5.74, 6) is -6.07. The fraction of sp³-hybridized carbons (Fsp3) is 0.263. The van der Waals surface area contributed by atoms with E-state index in [2.05, 4.69) is 5.32 Å². The molecule has 1 saturated heterocycles. The van der Waals surface area contributed by atoms with Gasteiger partial charge in [0.15, 0.2) is 17.5 Å². The molecule has 27 heavy (non-hydrogen) atoms. The van der Waals surface area contributed by atoms with E-state index >= 15 is 0 Å². The van der Waals surface area contributed by atoms with E-state index in [1.54, 1.807) is 0 Å². The number of halogens is 4. The van der Waals surface area contributed by atoms with Gasteiger partial charge in [0.1, 0.15) is 5.82 Å². The van der Waals surface area contributed by atoms with Gasteiger partial charge in [0.05, 0.1) is 5.56 Å². The molecule has 0 aromatic heterocycles. The molecule has 2 amide bonds. The van der Waals surface area contributed by atoms with Gasteiger partial charge in [0.2, 0.25) is 0 Å². The molecular weight excluding hydrogens is 364 g/mol. The Bertz CT molecular complexity index is 863. The summed E-state index contributed by atoms with van der Waals surface area (Å²) in [7, 11) is 0. The van der Waals surface area contributed by atoms with Crippen molar-refractivity contribution in [2.75, 3.05) is 13.1 Å². The number of benzene rings is 2. The second-order valence-electron chi connectivity index (χ2n) is 6.27. The van der Waals surface area contributed by atoms with E-state index in [9.17, 15) is 27.2 Å². The first-order chi connectivity index (χ1) is 12.9. The molecule has 1 N–H and O–H groups in total. The zero-order valence-corrected chi connectivity index (χ0v) is 14.1. The number of carbonyl (C=O) groups is 2. The van der Waals surface area contributed by atoms with Crippen molar-refractivity contribution in [2.45, 2.75) is 18.9 Å². The van der Waals surface area contributed by atoms with Crippen molar-refractivity contribution < 1.29 is 27.2 Å². The van der Waals surface area contributed by atoms with Crippen molar-refractivity contribution in [1.29, 1.82) is 0 Å². The van der Waals surface area contributed by atoms with Crippen LogP contribution in [0.15, 0.2) is 36.4 Å². The highest BCUT2D eigenvalue weighted by atomic mass is 19.2. The van der Waals surface area contributed by atoms with E-state index in [0.29, 0.717) is 24.5 Å². The summed E-state index contributed by atoms with van der Waals surface area (Å²) in [4.78, 5) is 25.8. The van der Waals surface area contributed by atoms with Crippen LogP contribution in [0.25, 0.3) is 0 Å². The summed E-state index contributed by atoms with van der Waals surface area (Å²) in [6.07, 6.45) is 0.841. The summed E-state index contributed by atoms with van der Waals surface area (Å²) in [6, 6.07) is 6.53. The normalized spacial score (nSPS) is 14.9. The van der Waals surface area contributed by atoms with Gasteiger partial charge in [0, 0.05) is 24.7 Å². The van der Waals surface area contributed by atoms with Gasteiger partial charge in [-0.15, -0.1) is 0 Å². The van der Waals surface area contributed by atoms with E-state index in [1.165, 1.54) is 29.2 Å². The van der Waals surface area contributed by atoms with Crippen molar-refractivity contribution in [1.82, 2.24) is 10.2 Å². The van der Waals surface area contributed by atoms with E-state index in [4.69, 9.17) is 0 Å². The second kappa shape index (κ2) is 7.77. The average molecular weight is 380 g/mol. The first-order valence-corrected chi connectivity index (χ1v) is 8.36. The zero-order chi connectivity index (χ0) is 19.6. The first kappa shape index (κ1) is 18.9. The van der Waals surface area contributed by atoms with Crippen molar-refractivity contribution in [3.63, 3.8) is 0 Å². The number of amides is 2. The lowest BCUT2D eigenvalue weighted by Gasteiger charge is -2.32. The molecule has 1 fully saturated rings. The van der Waals surface area contributed by atoms with Crippen LogP contribution in [0.3, 0.4) is 0 Å². The van der Waals surface area contributed by atoms with Crippen molar-refractivity contribution >= 4 is 11.8 Å². The molecule has 8 heteroatoms. The van der Waals surface area contributed by atoms with Gasteiger partial charge in [-0.2, -0.15) is 0 Å². The van der Waals surface area contributed by atoms with Crippen LogP contribution in [0.5, 0.6) is 0 Å². The third-order valence-electron chi connectivity index (χ3n) is 4.49. The van der Waals surface area contributed by atoms with Crippen LogP contribution in [-0.2, 0) is 0 Å². The predicted octanol–water partition coefficient (Wildman–Crippen LogP) is 3.28. The molecule has 3 rings (SSSR count). The number of rotatable bonds is 3. The van der Waals surface area contributed by atoms with Crippen LogP contribution in [0.1, 0.15) is 33.6 Å². The fourth-order valence-electron chi connectivity index (χ4n) is 2.96. The molecule has 2 aromatic rings. The minimum absolute atomic E-state index is 0.207. The minimum atomic E-state index is -1.68. The average Bonchev–Trinajstić information content (AvgIpc) is 2.67. The molecule has 0 saturated carbocycles. The van der Waals surface area contributed by atoms with Gasteiger partial charge in [-0.3, -0.25) is 9.59 Å². The Kier molecular flexibility index (Phi) is 5.43. The van der Waals surface area contributed by atoms with Crippen LogP contribution >= 0.6 is 0 Å². The molecule has 0 radical (unpaired) electrons. The summed E-state index contributed by atoms with van der Waals surface area (Å²) < 4.78 is 53.0. The van der Waals surface area contributed by atoms with Crippen LogP contribution in [0.2, 0.25) is 0 Å². The maximum Gasteiger partial charge on any atom is 0.256 e. The number of piperidine rings is 1. The lowest BCUT2D eigenvalue weighted by Crippen LogP contribution is -2.46. The van der Waals surface area contributed by atoms with Gasteiger partial charge in [-0.25, -0.2) is 17.6 Å². The number of nitrogens with one attached hydrogen (secondary N) is 1. The predicted molar refractivity (Wildman–Crippen MR) is 89.1 cm³/mol. The lowest BCUT2D eigenvalue weighted by atomic mass is 10.0. The van der Waals surface area contributed by atoms with Crippen LogP contribution in [0.4, 0.5) is 17.6 Å². The number of carbonyl (C=O) groups excluding carboxylic acids is 2. The Labute approximate surface area is 152 Å². The van der Waals surface area contributed by atoms with E-state index in [0.717, 1.165) is 6.07 Å². The molecular formula is C19H16F4N2O2. The molecule has 0 spiro atoms. The van der Waals surface area contributed by atoms with Crippen LogP contribution in [0, 0.1) is 23.3 Å². The van der Waals surface area contributed by atoms with Gasteiger partial charge in [-0.1, -0.05) is 0 Å². The van der Waals surface area contributed by atoms with Crippen molar-refractivity contribution in [3.8, 4) is 0 Å². The largest absolute Gasteiger partial charge is 0.349 e. The Morgan fingerprint density at radius 1 is 0.889 bits per heavy atom. The Hall–Kier alpha value is -2.90. The third kappa shape index (κ3) is 4.10. The monoisotopic (exact) mass is 380 g/mol. The summed E-state index contributed by atoms with van der Waals surface area (Å²) in [6.45, 7) is 0.456. The molecule has 0 aliphatic carbocycles. The fourth-order valence-corrected chi connectivity index (χ4v) is 2.96. The highest BCUT2D eigenvalue weighted by molar-refractivity contribution is 5.95. The molecule has 1 heterocycles. The van der Waals surface area contributed by atoms with Gasteiger partial charge >= 0.3 is 0 Å². The summed E-state index contributed by atoms with van der Waals surface area (Å²) in [5.41, 5.74) is -0.207. The van der Waals surface area contributed by atoms with Gasteiger partial charge < -0.3 is 10.2 Å². The van der Waals surface area contributed by atoms with Gasteiger partial charge in [0.25, 0.3) is 11.8 Å². The number of likely N-dealkylation sites (tertiary alicyclic amines) is 1. The number of hydrogen-bond acceptors (Lipinski definition) is 2. The molecule has 0 bridgehead atoms. The Morgan fingerprint density at radius 2 is 1.52 bits per heavy atom. The summed E-state index contributed by atoms with van der Waals surface area (Å²) >= 11 is 0. The lowest BCUT2D eigenvalue weighted by molar-refractivity contribution is 0.0692. The molecule has 4 nitrogen and oxygen atoms in total. The van der Waals surface area contributed by atoms with Crippen molar-refractivity contribution in [2.24, 2.45) is 0 Å². The Morgan fingerprint density at radius 3 is 2.15 bits per heavy atom. The smallest absolute Gasteiger partial charge is 0.256 e. The molecule has 0 unspecified atom stereocenters. The number of hydrogen-bond donors (Lipinski definition) is 1. The molecule has 2 aromatic carbocycles. The van der Waals surface area contributed by atoms with E-state index in [-0.39, 0.29) is 25.0 Å². The standard InChI is InChI=1S/C19H16F4N2O2/c20-12-3-1-11(2-4-12)18(26)24-13-7-9-25(10-8-13)19(27)14-5-6-15(21)17(23)16(14)22/h1-6,13H,7-10H2,(H,24,26). The molecule has 1 aliphatic rings. The summed E-state index contributed by atoms with van der Waals surface area (Å²) in [5, 5.41) is 2.80. The highest BCUT2D eigenvalue weighted by Gasteiger charge is 2.28. The molecule has 142 valence electrons. The topological polar surface area (TPSA) is 49.4 Å². The second-order valence-corrected chi connectivity index (χ2v) is 6.27. The van der Waals surface area contributed by atoms with E-state index in [1.807, 2.05) is 0 Å². The number of nitrogens with zero attached hydrogens (tertiary/aromatic N) is 1. The third-order valence-corrected chi connectivity index (χ3v) is 4.49. The minimum Gasteiger partial charge on any atom is -0.349 e. The molecule has 1 aliphatic heterocycles. The Balaban J connectivity index is 1.58. The van der Waals surface area contributed by atoms with Gasteiger partial charge in [-0.05, 0) is 49.2 Å². The maximum atomic E-state index is 13.8. The highest BCUT2D eigenvalue weighted by Crippen LogP contribution is 2.20.